The van der Waals surface area contributed by atoms with Crippen LogP contribution < -0.4 is 0 Å². The third-order valence-electron chi connectivity index (χ3n) is 0.670. The molecule has 0 heterocycles. The standard InChI is InChI=1S/C3H5N2O4/c1-3(5(8)9)2-4(6)7/h2H2,1H3. The van der Waals surface area contributed by atoms with Crippen molar-refractivity contribution in [3.05, 3.63) is 26.3 Å². The Kier molecular flexibility index (Phi) is 2.56. The molecule has 0 saturated heterocycles. The molecule has 9 heavy (non-hydrogen) atoms. The Morgan fingerprint density at radius 1 is 1.44 bits per heavy atom. The molecular weight excluding hydrogens is 128 g/mol. The topological polar surface area (TPSA) is 86.3 Å². The summed E-state index contributed by atoms with van der Waals surface area (Å²) >= 11 is 0. The SMILES string of the molecule is C[C](C[N+](=O)[O-])[N+](=O)[O-]. The summed E-state index contributed by atoms with van der Waals surface area (Å²) in [5.41, 5.74) is 0. The van der Waals surface area contributed by atoms with Gasteiger partial charge in [-0.05, 0) is 0 Å². The minimum atomic E-state index is -0.761. The van der Waals surface area contributed by atoms with Crippen LogP contribution in [0.4, 0.5) is 0 Å². The highest BCUT2D eigenvalue weighted by Crippen LogP contribution is 1.96. The zero-order chi connectivity index (χ0) is 7.44. The van der Waals surface area contributed by atoms with Gasteiger partial charge in [0.25, 0.3) is 6.54 Å². The predicted molar refractivity (Wildman–Crippen MR) is 27.8 cm³/mol. The number of nitrogens with zero attached hydrogens (tertiary/aromatic N) is 2. The summed E-state index contributed by atoms with van der Waals surface area (Å²) in [6, 6.07) is -0.347. The van der Waals surface area contributed by atoms with Gasteiger partial charge in [-0.15, -0.1) is 0 Å². The second-order valence-corrected chi connectivity index (χ2v) is 1.48. The van der Waals surface area contributed by atoms with E-state index >= 15 is 0 Å². The van der Waals surface area contributed by atoms with Crippen molar-refractivity contribution in [3.8, 4) is 0 Å². The van der Waals surface area contributed by atoms with Crippen molar-refractivity contribution < 1.29 is 9.85 Å². The normalized spacial score (nSPS) is 9.56. The first kappa shape index (κ1) is 7.80. The zero-order valence-electron chi connectivity index (χ0n) is 4.73. The maximum atomic E-state index is 9.70. The van der Waals surface area contributed by atoms with Gasteiger partial charge in [0.1, 0.15) is 0 Å². The van der Waals surface area contributed by atoms with Gasteiger partial charge in [0.15, 0.2) is 0 Å². The van der Waals surface area contributed by atoms with Crippen molar-refractivity contribution in [1.82, 2.24) is 0 Å². The van der Waals surface area contributed by atoms with Crippen LogP contribution in [0, 0.1) is 26.3 Å². The molecule has 0 bridgehead atoms. The van der Waals surface area contributed by atoms with Gasteiger partial charge in [0.2, 0.25) is 0 Å². The van der Waals surface area contributed by atoms with E-state index < -0.39 is 16.4 Å². The molecule has 51 valence electrons. The Morgan fingerprint density at radius 3 is 2.00 bits per heavy atom. The third-order valence-corrected chi connectivity index (χ3v) is 0.670. The quantitative estimate of drug-likeness (QED) is 0.403. The van der Waals surface area contributed by atoms with Crippen molar-refractivity contribution in [1.29, 1.82) is 0 Å². The summed E-state index contributed by atoms with van der Waals surface area (Å²) < 4.78 is 0. The van der Waals surface area contributed by atoms with E-state index in [1.54, 1.807) is 0 Å². The monoisotopic (exact) mass is 133 g/mol. The molecule has 0 fully saturated rings. The van der Waals surface area contributed by atoms with Gasteiger partial charge in [-0.25, -0.2) is 0 Å². The fraction of sp³-hybridized carbons (Fsp3) is 0.667. The van der Waals surface area contributed by atoms with Crippen molar-refractivity contribution in [2.45, 2.75) is 6.92 Å². The van der Waals surface area contributed by atoms with Crippen LogP contribution in [0.15, 0.2) is 0 Å². The van der Waals surface area contributed by atoms with Gasteiger partial charge in [-0.2, -0.15) is 0 Å². The molecule has 0 spiro atoms. The van der Waals surface area contributed by atoms with Gasteiger partial charge in [0.05, 0.1) is 0 Å². The van der Waals surface area contributed by atoms with E-state index in [4.69, 9.17) is 0 Å². The predicted octanol–water partition coefficient (Wildman–Crippen LogP) is 0.0917. The Labute approximate surface area is 50.8 Å². The molecule has 0 amide bonds. The summed E-state index contributed by atoms with van der Waals surface area (Å²) in [4.78, 5) is 17.8. The highest BCUT2D eigenvalue weighted by atomic mass is 16.6. The highest BCUT2D eigenvalue weighted by molar-refractivity contribution is 4.65. The summed E-state index contributed by atoms with van der Waals surface area (Å²) in [5.74, 6) is 0. The fourth-order valence-corrected chi connectivity index (χ4v) is 0.245. The van der Waals surface area contributed by atoms with Gasteiger partial charge in [0, 0.05) is 16.8 Å². The number of rotatable bonds is 3. The van der Waals surface area contributed by atoms with Gasteiger partial charge in [-0.3, -0.25) is 20.2 Å². The van der Waals surface area contributed by atoms with Crippen LogP contribution in [0.1, 0.15) is 6.92 Å². The molecule has 0 atom stereocenters. The van der Waals surface area contributed by atoms with Crippen LogP contribution >= 0.6 is 0 Å². The molecule has 0 saturated carbocycles. The summed E-state index contributed by atoms with van der Waals surface area (Å²) in [7, 11) is 0. The van der Waals surface area contributed by atoms with Gasteiger partial charge >= 0.3 is 6.04 Å². The molecule has 0 N–H and O–H groups in total. The van der Waals surface area contributed by atoms with Crippen molar-refractivity contribution in [3.63, 3.8) is 0 Å². The van der Waals surface area contributed by atoms with Crippen LogP contribution in [0.25, 0.3) is 0 Å². The molecule has 6 nitrogen and oxygen atoms in total. The molecule has 0 aromatic carbocycles. The van der Waals surface area contributed by atoms with Crippen LogP contribution in [0.5, 0.6) is 0 Å². The Bertz CT molecular complexity index is 134. The molecule has 0 aliphatic rings. The molecule has 0 aromatic rings. The molecule has 0 aliphatic heterocycles. The lowest BCUT2D eigenvalue weighted by Gasteiger charge is -1.92. The van der Waals surface area contributed by atoms with Crippen molar-refractivity contribution in [2.24, 2.45) is 0 Å². The maximum Gasteiger partial charge on any atom is 0.356 e. The third kappa shape index (κ3) is 3.39. The first-order valence-corrected chi connectivity index (χ1v) is 2.12. The smallest absolute Gasteiger partial charge is 0.264 e. The van der Waals surface area contributed by atoms with E-state index in [1.807, 2.05) is 0 Å². The lowest BCUT2D eigenvalue weighted by molar-refractivity contribution is -0.544. The number of hydrogen-bond acceptors (Lipinski definition) is 4. The van der Waals surface area contributed by atoms with E-state index in [0.29, 0.717) is 0 Å². The van der Waals surface area contributed by atoms with Crippen LogP contribution in [0.3, 0.4) is 0 Å². The summed E-state index contributed by atoms with van der Waals surface area (Å²) in [6.45, 7) is 0.426. The van der Waals surface area contributed by atoms with Gasteiger partial charge < -0.3 is 0 Å². The summed E-state index contributed by atoms with van der Waals surface area (Å²) in [5, 5.41) is 19.3. The first-order chi connectivity index (χ1) is 4.04. The minimum absolute atomic E-state index is 0.347. The Morgan fingerprint density at radius 2 is 1.89 bits per heavy atom. The van der Waals surface area contributed by atoms with E-state index in [-0.39, 0.29) is 6.04 Å². The average Bonchev–Trinajstić information content (AvgIpc) is 1.63. The summed E-state index contributed by atoms with van der Waals surface area (Å²) in [6.07, 6.45) is 0. The van der Waals surface area contributed by atoms with Gasteiger partial charge in [-0.1, -0.05) is 0 Å². The molecule has 0 aromatic heterocycles. The molecule has 0 aliphatic carbocycles. The number of nitro groups is 2. The lowest BCUT2D eigenvalue weighted by Crippen LogP contribution is -2.16. The van der Waals surface area contributed by atoms with E-state index in [9.17, 15) is 20.2 Å². The van der Waals surface area contributed by atoms with E-state index in [2.05, 4.69) is 0 Å². The van der Waals surface area contributed by atoms with Crippen molar-refractivity contribution in [2.75, 3.05) is 6.54 Å². The van der Waals surface area contributed by atoms with Crippen molar-refractivity contribution >= 4 is 0 Å². The fourth-order valence-electron chi connectivity index (χ4n) is 0.245. The highest BCUT2D eigenvalue weighted by Gasteiger charge is 2.22. The second kappa shape index (κ2) is 2.95. The minimum Gasteiger partial charge on any atom is -0.264 e. The molecule has 0 rings (SSSR count). The first-order valence-electron chi connectivity index (χ1n) is 2.12. The lowest BCUT2D eigenvalue weighted by atomic mass is 10.4. The zero-order valence-corrected chi connectivity index (χ0v) is 4.73. The van der Waals surface area contributed by atoms with E-state index in [0.717, 1.165) is 6.92 Å². The molecule has 0 unspecified atom stereocenters. The molecular formula is C3H5N2O4. The maximum absolute atomic E-state index is 9.70. The van der Waals surface area contributed by atoms with Crippen LogP contribution in [-0.4, -0.2) is 16.4 Å². The molecule has 1 radical (unpaired) electrons. The van der Waals surface area contributed by atoms with Crippen LogP contribution in [0.2, 0.25) is 0 Å². The molecule has 6 heteroatoms. The number of hydrogen-bond donors (Lipinski definition) is 0. The average molecular weight is 133 g/mol. The largest absolute Gasteiger partial charge is 0.356 e. The Hall–Kier alpha value is -1.20. The Balaban J connectivity index is 3.63. The van der Waals surface area contributed by atoms with Crippen LogP contribution in [-0.2, 0) is 0 Å². The second-order valence-electron chi connectivity index (χ2n) is 1.48. The van der Waals surface area contributed by atoms with E-state index in [1.165, 1.54) is 0 Å².